The molecule has 1 fully saturated rings. The van der Waals surface area contributed by atoms with E-state index in [0.29, 0.717) is 13.0 Å². The first-order valence-electron chi connectivity index (χ1n) is 7.39. The number of nitrogens with one attached hydrogen (secondary N) is 1. The van der Waals surface area contributed by atoms with Crippen LogP contribution in [0.2, 0.25) is 0 Å². The van der Waals surface area contributed by atoms with Crippen LogP contribution in [-0.2, 0) is 4.79 Å². The lowest BCUT2D eigenvalue weighted by Crippen LogP contribution is -2.57. The smallest absolute Gasteiger partial charge is 0.279 e. The fourth-order valence-electron chi connectivity index (χ4n) is 2.99. The van der Waals surface area contributed by atoms with E-state index >= 15 is 0 Å². The standard InChI is InChI=1S/C16H24N2O2/c1-12(2)18(20)11-7-10-15(18)16(19)17-13(3)14-8-5-4-6-9-14/h4-6,8-9,12-13,15H,7,10-11H2,1-3H3,(H,17,19)/t13-,15-,18?/m0/s1. The van der Waals surface area contributed by atoms with Crippen molar-refractivity contribution in [1.29, 1.82) is 0 Å². The minimum Gasteiger partial charge on any atom is -0.632 e. The van der Waals surface area contributed by atoms with Crippen LogP contribution in [0.15, 0.2) is 30.3 Å². The molecular weight excluding hydrogens is 252 g/mol. The third-order valence-electron chi connectivity index (χ3n) is 4.35. The minimum absolute atomic E-state index is 0.0649. The summed E-state index contributed by atoms with van der Waals surface area (Å²) < 4.78 is -0.382. The van der Waals surface area contributed by atoms with Crippen molar-refractivity contribution in [1.82, 2.24) is 5.32 Å². The second kappa shape index (κ2) is 5.94. The highest BCUT2D eigenvalue weighted by molar-refractivity contribution is 5.81. The van der Waals surface area contributed by atoms with E-state index in [1.54, 1.807) is 0 Å². The molecule has 1 heterocycles. The summed E-state index contributed by atoms with van der Waals surface area (Å²) in [5.74, 6) is -0.109. The minimum atomic E-state index is -0.457. The molecule has 3 atom stereocenters. The van der Waals surface area contributed by atoms with Crippen LogP contribution < -0.4 is 5.32 Å². The zero-order valence-corrected chi connectivity index (χ0v) is 12.5. The molecule has 110 valence electrons. The molecule has 1 unspecified atom stereocenters. The van der Waals surface area contributed by atoms with E-state index in [9.17, 15) is 10.0 Å². The number of rotatable bonds is 4. The Kier molecular flexibility index (Phi) is 4.45. The fourth-order valence-corrected chi connectivity index (χ4v) is 2.99. The van der Waals surface area contributed by atoms with E-state index in [4.69, 9.17) is 0 Å². The lowest BCUT2D eigenvalue weighted by atomic mass is 10.1. The number of nitrogens with zero attached hydrogens (tertiary/aromatic N) is 1. The summed E-state index contributed by atoms with van der Waals surface area (Å²) in [4.78, 5) is 12.4. The van der Waals surface area contributed by atoms with E-state index in [-0.39, 0.29) is 22.6 Å². The zero-order chi connectivity index (χ0) is 14.8. The van der Waals surface area contributed by atoms with Gasteiger partial charge in [-0.1, -0.05) is 30.3 Å². The maximum absolute atomic E-state index is 12.8. The van der Waals surface area contributed by atoms with Crippen molar-refractivity contribution in [2.45, 2.75) is 51.7 Å². The van der Waals surface area contributed by atoms with Crippen LogP contribution in [0, 0.1) is 5.21 Å². The molecule has 0 spiro atoms. The van der Waals surface area contributed by atoms with Gasteiger partial charge in [-0.05, 0) is 26.3 Å². The molecule has 2 rings (SSSR count). The average Bonchev–Trinajstić information content (AvgIpc) is 2.83. The molecule has 0 aromatic heterocycles. The predicted molar refractivity (Wildman–Crippen MR) is 79.7 cm³/mol. The first kappa shape index (κ1) is 15.0. The van der Waals surface area contributed by atoms with Crippen molar-refractivity contribution < 1.29 is 9.44 Å². The Morgan fingerprint density at radius 2 is 1.95 bits per heavy atom. The molecule has 0 bridgehead atoms. The number of carbonyl (C=O) groups excluding carboxylic acids is 1. The number of quaternary nitrogens is 1. The number of hydrogen-bond donors (Lipinski definition) is 1. The van der Waals surface area contributed by atoms with Crippen LogP contribution in [0.1, 0.15) is 45.2 Å². The Hall–Kier alpha value is -1.39. The van der Waals surface area contributed by atoms with Crippen molar-refractivity contribution in [2.75, 3.05) is 6.54 Å². The Bertz CT molecular complexity index is 461. The predicted octanol–water partition coefficient (Wildman–Crippen LogP) is 2.75. The summed E-state index contributed by atoms with van der Waals surface area (Å²) in [7, 11) is 0. The number of hydrogen-bond acceptors (Lipinski definition) is 2. The van der Waals surface area contributed by atoms with Gasteiger partial charge in [-0.15, -0.1) is 0 Å². The lowest BCUT2D eigenvalue weighted by molar-refractivity contribution is -0.904. The molecule has 1 saturated heterocycles. The van der Waals surface area contributed by atoms with Crippen LogP contribution in [-0.4, -0.2) is 29.2 Å². The Morgan fingerprint density at radius 1 is 1.30 bits per heavy atom. The molecular formula is C16H24N2O2. The van der Waals surface area contributed by atoms with E-state index < -0.39 is 6.04 Å². The monoisotopic (exact) mass is 276 g/mol. The first-order chi connectivity index (χ1) is 9.45. The second-order valence-corrected chi connectivity index (χ2v) is 5.97. The maximum atomic E-state index is 12.8. The van der Waals surface area contributed by atoms with Gasteiger partial charge >= 0.3 is 0 Å². The summed E-state index contributed by atoms with van der Waals surface area (Å²) in [6.45, 7) is 6.31. The van der Waals surface area contributed by atoms with Gasteiger partial charge in [0.15, 0.2) is 6.04 Å². The zero-order valence-electron chi connectivity index (χ0n) is 12.5. The Labute approximate surface area is 121 Å². The second-order valence-electron chi connectivity index (χ2n) is 5.97. The molecule has 4 heteroatoms. The number of amides is 1. The van der Waals surface area contributed by atoms with Gasteiger partial charge in [-0.25, -0.2) is 0 Å². The maximum Gasteiger partial charge on any atom is 0.279 e. The van der Waals surface area contributed by atoms with Crippen LogP contribution in [0.25, 0.3) is 0 Å². The molecule has 1 amide bonds. The molecule has 1 aromatic rings. The number of carbonyl (C=O) groups is 1. The summed E-state index contributed by atoms with van der Waals surface area (Å²) in [5.41, 5.74) is 1.06. The fraction of sp³-hybridized carbons (Fsp3) is 0.562. The summed E-state index contributed by atoms with van der Waals surface area (Å²) in [5, 5.41) is 15.8. The van der Waals surface area contributed by atoms with E-state index in [0.717, 1.165) is 12.0 Å². The largest absolute Gasteiger partial charge is 0.632 e. The van der Waals surface area contributed by atoms with E-state index in [1.165, 1.54) is 0 Å². The Morgan fingerprint density at radius 3 is 2.55 bits per heavy atom. The molecule has 4 nitrogen and oxygen atoms in total. The van der Waals surface area contributed by atoms with Crippen molar-refractivity contribution in [2.24, 2.45) is 0 Å². The molecule has 0 radical (unpaired) electrons. The van der Waals surface area contributed by atoms with Gasteiger partial charge < -0.3 is 15.2 Å². The van der Waals surface area contributed by atoms with Gasteiger partial charge in [0.2, 0.25) is 0 Å². The average molecular weight is 276 g/mol. The molecule has 1 aliphatic heterocycles. The number of hydroxylamine groups is 3. The summed E-state index contributed by atoms with van der Waals surface area (Å²) in [6, 6.07) is 9.24. The van der Waals surface area contributed by atoms with Crippen LogP contribution >= 0.6 is 0 Å². The highest BCUT2D eigenvalue weighted by Gasteiger charge is 2.42. The van der Waals surface area contributed by atoms with E-state index in [2.05, 4.69) is 5.32 Å². The molecule has 1 aliphatic rings. The highest BCUT2D eigenvalue weighted by Crippen LogP contribution is 2.29. The normalized spacial score (nSPS) is 27.6. The number of likely N-dealkylation sites (tertiary alicyclic amines) is 1. The van der Waals surface area contributed by atoms with Gasteiger partial charge in [-0.3, -0.25) is 4.79 Å². The third kappa shape index (κ3) is 2.86. The van der Waals surface area contributed by atoms with E-state index in [1.807, 2.05) is 51.1 Å². The lowest BCUT2D eigenvalue weighted by Gasteiger charge is -2.47. The highest BCUT2D eigenvalue weighted by atomic mass is 16.6. The first-order valence-corrected chi connectivity index (χ1v) is 7.39. The van der Waals surface area contributed by atoms with Gasteiger partial charge in [0.1, 0.15) is 0 Å². The number of benzene rings is 1. The quantitative estimate of drug-likeness (QED) is 0.679. The molecule has 1 N–H and O–H groups in total. The molecule has 20 heavy (non-hydrogen) atoms. The third-order valence-corrected chi connectivity index (χ3v) is 4.35. The van der Waals surface area contributed by atoms with Gasteiger partial charge in [-0.2, -0.15) is 0 Å². The van der Waals surface area contributed by atoms with Crippen molar-refractivity contribution in [3.05, 3.63) is 41.1 Å². The Balaban J connectivity index is 2.05. The van der Waals surface area contributed by atoms with Crippen molar-refractivity contribution in [3.63, 3.8) is 0 Å². The summed E-state index contributed by atoms with van der Waals surface area (Å²) in [6.07, 6.45) is 1.52. The molecule has 0 saturated carbocycles. The van der Waals surface area contributed by atoms with Crippen molar-refractivity contribution in [3.8, 4) is 0 Å². The van der Waals surface area contributed by atoms with Gasteiger partial charge in [0.05, 0.1) is 18.6 Å². The SMILES string of the molecule is CC(C)[N+]1([O-])CCC[C@H]1C(=O)N[C@@H](C)c1ccccc1. The van der Waals surface area contributed by atoms with Gasteiger partial charge in [0.25, 0.3) is 5.91 Å². The van der Waals surface area contributed by atoms with Crippen LogP contribution in [0.5, 0.6) is 0 Å². The van der Waals surface area contributed by atoms with Crippen LogP contribution in [0.4, 0.5) is 0 Å². The molecule has 0 aliphatic carbocycles. The van der Waals surface area contributed by atoms with Crippen molar-refractivity contribution >= 4 is 5.91 Å². The van der Waals surface area contributed by atoms with Crippen LogP contribution in [0.3, 0.4) is 0 Å². The topological polar surface area (TPSA) is 52.2 Å². The summed E-state index contributed by atoms with van der Waals surface area (Å²) >= 11 is 0. The molecule has 1 aromatic carbocycles. The van der Waals surface area contributed by atoms with Gasteiger partial charge in [0, 0.05) is 12.8 Å².